The maximum atomic E-state index is 13.4. The van der Waals surface area contributed by atoms with Gasteiger partial charge in [0.1, 0.15) is 16.9 Å². The zero-order chi connectivity index (χ0) is 27.1. The van der Waals surface area contributed by atoms with Crippen LogP contribution in [-0.4, -0.2) is 51.9 Å². The molecule has 1 fully saturated rings. The van der Waals surface area contributed by atoms with Crippen molar-refractivity contribution in [2.75, 3.05) is 19.0 Å². The Morgan fingerprint density at radius 2 is 2.05 bits per heavy atom. The van der Waals surface area contributed by atoms with Crippen LogP contribution in [0.3, 0.4) is 0 Å². The van der Waals surface area contributed by atoms with Crippen molar-refractivity contribution in [3.05, 3.63) is 69.9 Å². The highest BCUT2D eigenvalue weighted by molar-refractivity contribution is 7.95. The molecule has 0 aliphatic carbocycles. The number of benzene rings is 2. The second-order valence-corrected chi connectivity index (χ2v) is 10.9. The molecule has 198 valence electrons. The SMILES string of the molecule is CN1SNC(C(=O)NCc2cnc(-c3ccc(C#CCCO)cc3)s2)CC1C(=O)Nc1ccc(F)c(Cl)c1. The van der Waals surface area contributed by atoms with Gasteiger partial charge in [-0.25, -0.2) is 18.4 Å². The van der Waals surface area contributed by atoms with E-state index in [1.165, 1.54) is 41.7 Å². The molecule has 0 bridgehead atoms. The molecule has 0 spiro atoms. The van der Waals surface area contributed by atoms with Gasteiger partial charge in [0.2, 0.25) is 11.8 Å². The normalized spacial score (nSPS) is 17.4. The van der Waals surface area contributed by atoms with Crippen LogP contribution in [0.2, 0.25) is 5.02 Å². The second kappa shape index (κ2) is 13.2. The summed E-state index contributed by atoms with van der Waals surface area (Å²) in [6.07, 6.45) is 2.42. The average Bonchev–Trinajstić information content (AvgIpc) is 3.39. The van der Waals surface area contributed by atoms with Crippen LogP contribution >= 0.6 is 35.1 Å². The molecule has 2 amide bonds. The van der Waals surface area contributed by atoms with Gasteiger partial charge < -0.3 is 15.7 Å². The Labute approximate surface area is 233 Å². The molecule has 38 heavy (non-hydrogen) atoms. The Morgan fingerprint density at radius 1 is 1.26 bits per heavy atom. The fourth-order valence-corrected chi connectivity index (χ4v) is 5.44. The maximum absolute atomic E-state index is 13.4. The lowest BCUT2D eigenvalue weighted by atomic mass is 10.1. The van der Waals surface area contributed by atoms with Gasteiger partial charge in [-0.3, -0.25) is 9.59 Å². The van der Waals surface area contributed by atoms with Crippen LogP contribution in [-0.2, 0) is 16.1 Å². The summed E-state index contributed by atoms with van der Waals surface area (Å²) in [5.41, 5.74) is 2.19. The summed E-state index contributed by atoms with van der Waals surface area (Å²) in [6.45, 7) is 0.351. The molecule has 4 rings (SSSR count). The summed E-state index contributed by atoms with van der Waals surface area (Å²) in [4.78, 5) is 31.1. The molecule has 0 radical (unpaired) electrons. The molecule has 2 unspecified atom stereocenters. The minimum absolute atomic E-state index is 0.0410. The fraction of sp³-hybridized carbons (Fsp3) is 0.269. The van der Waals surface area contributed by atoms with Gasteiger partial charge in [0.05, 0.1) is 24.2 Å². The predicted molar refractivity (Wildman–Crippen MR) is 149 cm³/mol. The van der Waals surface area contributed by atoms with Crippen molar-refractivity contribution in [1.82, 2.24) is 19.3 Å². The third kappa shape index (κ3) is 7.32. The third-order valence-corrected chi connectivity index (χ3v) is 7.90. The number of anilines is 1. The zero-order valence-electron chi connectivity index (χ0n) is 20.3. The molecule has 0 saturated carbocycles. The largest absolute Gasteiger partial charge is 0.395 e. The van der Waals surface area contributed by atoms with Gasteiger partial charge in [0.15, 0.2) is 0 Å². The van der Waals surface area contributed by atoms with Crippen LogP contribution in [0.5, 0.6) is 0 Å². The van der Waals surface area contributed by atoms with Gasteiger partial charge in [-0.1, -0.05) is 35.6 Å². The first kappa shape index (κ1) is 28.0. The van der Waals surface area contributed by atoms with Crippen molar-refractivity contribution in [2.45, 2.75) is 31.5 Å². The Balaban J connectivity index is 1.31. The van der Waals surface area contributed by atoms with E-state index in [4.69, 9.17) is 16.7 Å². The van der Waals surface area contributed by atoms with Crippen molar-refractivity contribution < 1.29 is 19.1 Å². The number of nitrogens with zero attached hydrogens (tertiary/aromatic N) is 2. The van der Waals surface area contributed by atoms with Crippen molar-refractivity contribution >= 4 is 52.6 Å². The van der Waals surface area contributed by atoms with Gasteiger partial charge in [-0.15, -0.1) is 11.3 Å². The number of hydrogen-bond acceptors (Lipinski definition) is 8. The fourth-order valence-electron chi connectivity index (χ4n) is 3.60. The number of nitrogens with one attached hydrogen (secondary N) is 3. The lowest BCUT2D eigenvalue weighted by Crippen LogP contribution is -2.53. The number of hydrogen-bond donors (Lipinski definition) is 4. The summed E-state index contributed by atoms with van der Waals surface area (Å²) in [7, 11) is 1.75. The van der Waals surface area contributed by atoms with Crippen LogP contribution in [0.25, 0.3) is 10.6 Å². The number of amides is 2. The molecule has 1 saturated heterocycles. The molecule has 1 aromatic heterocycles. The van der Waals surface area contributed by atoms with E-state index < -0.39 is 17.9 Å². The van der Waals surface area contributed by atoms with Gasteiger partial charge in [0, 0.05) is 46.4 Å². The number of halogens is 2. The second-order valence-electron chi connectivity index (χ2n) is 8.38. The molecule has 4 N–H and O–H groups in total. The Morgan fingerprint density at radius 3 is 2.79 bits per heavy atom. The van der Waals surface area contributed by atoms with Crippen LogP contribution in [0.1, 0.15) is 23.3 Å². The summed E-state index contributed by atoms with van der Waals surface area (Å²) in [5.74, 6) is 4.77. The summed E-state index contributed by atoms with van der Waals surface area (Å²) >= 11 is 8.47. The molecule has 1 aliphatic rings. The molecule has 1 aliphatic heterocycles. The highest BCUT2D eigenvalue weighted by Crippen LogP contribution is 2.26. The van der Waals surface area contributed by atoms with Crippen molar-refractivity contribution in [3.8, 4) is 22.4 Å². The summed E-state index contributed by atoms with van der Waals surface area (Å²) in [5, 5.41) is 15.2. The predicted octanol–water partition coefficient (Wildman–Crippen LogP) is 3.82. The van der Waals surface area contributed by atoms with Gasteiger partial charge in [-0.05, 0) is 43.8 Å². The molecule has 8 nitrogen and oxygen atoms in total. The number of aliphatic hydroxyl groups excluding tert-OH is 1. The lowest BCUT2D eigenvalue weighted by molar-refractivity contribution is -0.124. The van der Waals surface area contributed by atoms with Crippen molar-refractivity contribution in [3.63, 3.8) is 0 Å². The standard InChI is InChI=1S/C26H25ClFN5O3S2/c1-33-23(25(36)31-18-9-10-21(28)20(27)12-18)13-22(32-38-33)24(35)29-14-19-15-30-26(37-19)17-7-5-16(6-8-17)4-2-3-11-34/h5-10,12,15,22-23,32,34H,3,11,13-14H2,1H3,(H,29,35)(H,31,36). The van der Waals surface area contributed by atoms with Gasteiger partial charge in [0.25, 0.3) is 0 Å². The number of thiazole rings is 1. The molecule has 2 aromatic carbocycles. The summed E-state index contributed by atoms with van der Waals surface area (Å²) in [6, 6.07) is 10.5. The number of rotatable bonds is 7. The first-order valence-corrected chi connectivity index (χ1v) is 13.6. The van der Waals surface area contributed by atoms with E-state index in [0.717, 1.165) is 21.0 Å². The van der Waals surface area contributed by atoms with E-state index >= 15 is 0 Å². The van der Waals surface area contributed by atoms with Gasteiger partial charge >= 0.3 is 0 Å². The van der Waals surface area contributed by atoms with E-state index in [1.54, 1.807) is 17.5 Å². The third-order valence-electron chi connectivity index (χ3n) is 5.63. The van der Waals surface area contributed by atoms with Crippen molar-refractivity contribution in [2.24, 2.45) is 0 Å². The highest BCUT2D eigenvalue weighted by Gasteiger charge is 2.35. The summed E-state index contributed by atoms with van der Waals surface area (Å²) < 4.78 is 18.2. The van der Waals surface area contributed by atoms with E-state index in [-0.39, 0.29) is 29.9 Å². The molecular formula is C26H25ClFN5O3S2. The first-order chi connectivity index (χ1) is 18.3. The van der Waals surface area contributed by atoms with Gasteiger partial charge in [-0.2, -0.15) is 0 Å². The smallest absolute Gasteiger partial charge is 0.242 e. The molecule has 2 atom stereocenters. The van der Waals surface area contributed by atoms with E-state index in [9.17, 15) is 14.0 Å². The monoisotopic (exact) mass is 573 g/mol. The van der Waals surface area contributed by atoms with Crippen LogP contribution in [0, 0.1) is 17.7 Å². The molecular weight excluding hydrogens is 549 g/mol. The molecule has 3 aromatic rings. The number of carbonyl (C=O) groups excluding carboxylic acids is 2. The number of aromatic nitrogens is 1. The molecule has 2 heterocycles. The zero-order valence-corrected chi connectivity index (χ0v) is 22.7. The number of carbonyl (C=O) groups is 2. The maximum Gasteiger partial charge on any atom is 0.242 e. The van der Waals surface area contributed by atoms with Crippen LogP contribution in [0.15, 0.2) is 48.7 Å². The van der Waals surface area contributed by atoms with Crippen LogP contribution < -0.4 is 15.4 Å². The topological polar surface area (TPSA) is 107 Å². The molecule has 12 heteroatoms. The average molecular weight is 574 g/mol. The quantitative estimate of drug-likeness (QED) is 0.251. The minimum Gasteiger partial charge on any atom is -0.395 e. The lowest BCUT2D eigenvalue weighted by Gasteiger charge is -2.34. The van der Waals surface area contributed by atoms with E-state index in [2.05, 4.69) is 32.2 Å². The Hall–Kier alpha value is -2.98. The first-order valence-electron chi connectivity index (χ1n) is 11.7. The van der Waals surface area contributed by atoms with E-state index in [0.29, 0.717) is 18.7 Å². The number of aliphatic hydroxyl groups is 1. The van der Waals surface area contributed by atoms with Crippen molar-refractivity contribution in [1.29, 1.82) is 0 Å². The number of likely N-dealkylation sites (N-methyl/N-ethyl adjacent to an activating group) is 1. The van der Waals surface area contributed by atoms with Crippen LogP contribution in [0.4, 0.5) is 10.1 Å². The Bertz CT molecular complexity index is 1360. The highest BCUT2D eigenvalue weighted by atomic mass is 35.5. The Kier molecular flexibility index (Phi) is 9.74. The van der Waals surface area contributed by atoms with E-state index in [1.807, 2.05) is 24.3 Å². The minimum atomic E-state index is -0.591.